The fourth-order valence-electron chi connectivity index (χ4n) is 0.729. The quantitative estimate of drug-likeness (QED) is 0.359. The van der Waals surface area contributed by atoms with E-state index >= 15 is 0 Å². The molecule has 0 unspecified atom stereocenters. The van der Waals surface area contributed by atoms with Crippen LogP contribution in [-0.4, -0.2) is 24.6 Å². The van der Waals surface area contributed by atoms with Gasteiger partial charge in [-0.2, -0.15) is 8.42 Å². The number of rotatable bonds is 3. The summed E-state index contributed by atoms with van der Waals surface area (Å²) in [7, 11) is -3.09. The van der Waals surface area contributed by atoms with Gasteiger partial charge in [-0.05, 0) is 24.3 Å². The standard InChI is InChI=1S/C7H9FN2O.H2O4S/c1-11-7-4-2-6(3-5-7)9-10-8;1-5(2,3)4/h2-5,9-10H,1H3;(H2,1,2,3,4). The van der Waals surface area contributed by atoms with E-state index in [1.807, 2.05) is 0 Å². The summed E-state index contributed by atoms with van der Waals surface area (Å²) in [5.41, 5.74) is 4.26. The first-order valence-electron chi connectivity index (χ1n) is 3.82. The highest BCUT2D eigenvalue weighted by Gasteiger charge is 1.90. The SMILES string of the molecule is COc1ccc(NNF)cc1.O=S(=O)(O)O. The number of nitrogens with one attached hydrogen (secondary N) is 2. The van der Waals surface area contributed by atoms with Crippen molar-refractivity contribution in [2.75, 3.05) is 12.5 Å². The molecular weight excluding hydrogens is 243 g/mol. The van der Waals surface area contributed by atoms with Crippen molar-refractivity contribution in [2.24, 2.45) is 0 Å². The van der Waals surface area contributed by atoms with Gasteiger partial charge in [0.05, 0.1) is 12.8 Å². The summed E-state index contributed by atoms with van der Waals surface area (Å²) in [6.45, 7) is 0. The van der Waals surface area contributed by atoms with Crippen LogP contribution in [0.25, 0.3) is 0 Å². The van der Waals surface area contributed by atoms with Crippen LogP contribution in [0, 0.1) is 0 Å². The molecule has 0 radical (unpaired) electrons. The molecule has 9 heteroatoms. The number of ether oxygens (including phenoxy) is 1. The average molecular weight is 254 g/mol. The minimum atomic E-state index is -4.67. The molecule has 0 aliphatic rings. The lowest BCUT2D eigenvalue weighted by Gasteiger charge is -2.02. The Balaban J connectivity index is 0.000000385. The Morgan fingerprint density at radius 2 is 1.69 bits per heavy atom. The molecule has 92 valence electrons. The number of halogens is 1. The van der Waals surface area contributed by atoms with Crippen LogP contribution in [-0.2, 0) is 10.4 Å². The number of benzene rings is 1. The third-order valence-electron chi connectivity index (χ3n) is 1.28. The zero-order chi connectivity index (χ0) is 12.6. The normalized spacial score (nSPS) is 10.0. The van der Waals surface area contributed by atoms with Crippen molar-refractivity contribution in [3.8, 4) is 5.75 Å². The van der Waals surface area contributed by atoms with Crippen molar-refractivity contribution in [3.63, 3.8) is 0 Å². The molecule has 0 heterocycles. The molecule has 0 atom stereocenters. The molecule has 1 aromatic rings. The third kappa shape index (κ3) is 9.15. The van der Waals surface area contributed by atoms with Gasteiger partial charge in [0.1, 0.15) is 5.75 Å². The molecule has 0 amide bonds. The van der Waals surface area contributed by atoms with Gasteiger partial charge in [0, 0.05) is 0 Å². The second-order valence-electron chi connectivity index (χ2n) is 2.40. The Morgan fingerprint density at radius 3 is 2.00 bits per heavy atom. The predicted molar refractivity (Wildman–Crippen MR) is 55.0 cm³/mol. The molecular formula is C7H11FN2O5S. The summed E-state index contributed by atoms with van der Waals surface area (Å²) in [4.78, 5) is 0. The van der Waals surface area contributed by atoms with Crippen LogP contribution >= 0.6 is 0 Å². The van der Waals surface area contributed by atoms with Crippen LogP contribution in [0.3, 0.4) is 0 Å². The van der Waals surface area contributed by atoms with E-state index < -0.39 is 10.4 Å². The monoisotopic (exact) mass is 254 g/mol. The molecule has 16 heavy (non-hydrogen) atoms. The lowest BCUT2D eigenvalue weighted by atomic mass is 10.3. The molecule has 0 spiro atoms. The summed E-state index contributed by atoms with van der Waals surface area (Å²) in [6.07, 6.45) is 0. The first-order valence-corrected chi connectivity index (χ1v) is 5.22. The molecule has 0 fully saturated rings. The van der Waals surface area contributed by atoms with Crippen LogP contribution in [0.5, 0.6) is 5.75 Å². The van der Waals surface area contributed by atoms with Gasteiger partial charge in [-0.3, -0.25) is 14.5 Å². The van der Waals surface area contributed by atoms with E-state index in [0.717, 1.165) is 5.75 Å². The van der Waals surface area contributed by atoms with Crippen molar-refractivity contribution in [1.82, 2.24) is 5.65 Å². The Labute approximate surface area is 91.7 Å². The Hall–Kier alpha value is -1.42. The molecule has 7 nitrogen and oxygen atoms in total. The van der Waals surface area contributed by atoms with E-state index in [0.29, 0.717) is 5.69 Å². The number of hydrogen-bond donors (Lipinski definition) is 4. The molecule has 1 rings (SSSR count). The maximum atomic E-state index is 11.5. The van der Waals surface area contributed by atoms with Crippen LogP contribution in [0.15, 0.2) is 24.3 Å². The largest absolute Gasteiger partial charge is 0.497 e. The molecule has 1 aromatic carbocycles. The summed E-state index contributed by atoms with van der Waals surface area (Å²) in [5, 5.41) is 0. The maximum Gasteiger partial charge on any atom is 0.394 e. The minimum Gasteiger partial charge on any atom is -0.497 e. The van der Waals surface area contributed by atoms with E-state index in [2.05, 4.69) is 5.43 Å². The number of methoxy groups -OCH3 is 1. The summed E-state index contributed by atoms with van der Waals surface area (Å²) in [6, 6.07) is 6.87. The van der Waals surface area contributed by atoms with Crippen LogP contribution < -0.4 is 15.8 Å². The van der Waals surface area contributed by atoms with Gasteiger partial charge in [0.25, 0.3) is 0 Å². The molecule has 4 N–H and O–H groups in total. The van der Waals surface area contributed by atoms with Gasteiger partial charge < -0.3 is 4.74 Å². The highest BCUT2D eigenvalue weighted by molar-refractivity contribution is 7.79. The Morgan fingerprint density at radius 1 is 1.25 bits per heavy atom. The molecule has 0 saturated heterocycles. The number of hydrazine groups is 1. The molecule has 0 aromatic heterocycles. The highest BCUT2D eigenvalue weighted by atomic mass is 32.3. The van der Waals surface area contributed by atoms with E-state index in [1.165, 1.54) is 5.65 Å². The first-order chi connectivity index (χ1) is 7.36. The van der Waals surface area contributed by atoms with Crippen molar-refractivity contribution >= 4 is 16.1 Å². The third-order valence-corrected chi connectivity index (χ3v) is 1.28. The topological polar surface area (TPSA) is 108 Å². The van der Waals surface area contributed by atoms with E-state index in [9.17, 15) is 4.48 Å². The molecule has 0 bridgehead atoms. The van der Waals surface area contributed by atoms with Crippen molar-refractivity contribution in [2.45, 2.75) is 0 Å². The van der Waals surface area contributed by atoms with Crippen LogP contribution in [0.2, 0.25) is 0 Å². The van der Waals surface area contributed by atoms with Gasteiger partial charge in [0.2, 0.25) is 0 Å². The predicted octanol–water partition coefficient (Wildman–Crippen LogP) is 0.843. The number of hydrogen-bond acceptors (Lipinski definition) is 5. The molecule has 0 aliphatic heterocycles. The lowest BCUT2D eigenvalue weighted by Crippen LogP contribution is -2.09. The number of anilines is 1. The zero-order valence-electron chi connectivity index (χ0n) is 8.21. The summed E-state index contributed by atoms with van der Waals surface area (Å²) < 4.78 is 48.0. The summed E-state index contributed by atoms with van der Waals surface area (Å²) >= 11 is 0. The van der Waals surface area contributed by atoms with Crippen molar-refractivity contribution in [3.05, 3.63) is 24.3 Å². The van der Waals surface area contributed by atoms with Gasteiger partial charge in [-0.15, -0.1) is 4.48 Å². The Kier molecular flexibility index (Phi) is 6.34. The highest BCUT2D eigenvalue weighted by Crippen LogP contribution is 2.13. The first kappa shape index (κ1) is 14.6. The van der Waals surface area contributed by atoms with E-state index in [1.54, 1.807) is 31.4 Å². The van der Waals surface area contributed by atoms with Gasteiger partial charge >= 0.3 is 10.4 Å². The fraction of sp³-hybridized carbons (Fsp3) is 0.143. The van der Waals surface area contributed by atoms with Crippen LogP contribution in [0.4, 0.5) is 10.2 Å². The summed E-state index contributed by atoms with van der Waals surface area (Å²) in [5.74, 6) is 0.745. The van der Waals surface area contributed by atoms with E-state index in [4.69, 9.17) is 22.3 Å². The van der Waals surface area contributed by atoms with E-state index in [-0.39, 0.29) is 0 Å². The average Bonchev–Trinajstić information content (AvgIpc) is 2.17. The second-order valence-corrected chi connectivity index (χ2v) is 3.29. The molecule has 0 saturated carbocycles. The Bertz CT molecular complexity index is 386. The molecule has 0 aliphatic carbocycles. The van der Waals surface area contributed by atoms with Gasteiger partial charge in [-0.25, -0.2) is 0 Å². The van der Waals surface area contributed by atoms with Crippen molar-refractivity contribution < 1.29 is 26.7 Å². The zero-order valence-corrected chi connectivity index (χ0v) is 9.03. The van der Waals surface area contributed by atoms with Gasteiger partial charge in [-0.1, -0.05) is 5.65 Å². The van der Waals surface area contributed by atoms with Gasteiger partial charge in [0.15, 0.2) is 0 Å². The second kappa shape index (κ2) is 6.95. The lowest BCUT2D eigenvalue weighted by molar-refractivity contribution is 0.375. The van der Waals surface area contributed by atoms with Crippen LogP contribution in [0.1, 0.15) is 0 Å². The van der Waals surface area contributed by atoms with Crippen molar-refractivity contribution in [1.29, 1.82) is 0 Å². The maximum absolute atomic E-state index is 11.5. The fourth-order valence-corrected chi connectivity index (χ4v) is 0.729. The smallest absolute Gasteiger partial charge is 0.394 e. The minimum absolute atomic E-state index is 0.647.